The molecule has 0 spiro atoms. The van der Waals surface area contributed by atoms with E-state index in [2.05, 4.69) is 16.7 Å². The van der Waals surface area contributed by atoms with Crippen LogP contribution in [0.5, 0.6) is 0 Å². The maximum Gasteiger partial charge on any atom is 0.321 e. The molecular formula is C17H28N4O3. The van der Waals surface area contributed by atoms with E-state index in [1.807, 2.05) is 4.90 Å². The quantitative estimate of drug-likeness (QED) is 0.730. The number of carbonyl (C=O) groups excluding carboxylic acids is 3. The van der Waals surface area contributed by atoms with E-state index in [0.717, 1.165) is 19.3 Å². The molecule has 24 heavy (non-hydrogen) atoms. The standard InChI is InChI=1S/C17H28N4O3/c1-14(22)21-11-9-20(10-12-21)13-16(23)19-17(24)18-8-7-15-5-3-2-4-6-15/h5H,2-4,6-13H2,1H3,(H2,18,19,23,24). The first-order chi connectivity index (χ1) is 11.5. The molecule has 2 N–H and O–H groups in total. The number of rotatable bonds is 5. The van der Waals surface area contributed by atoms with Gasteiger partial charge in [0, 0.05) is 39.6 Å². The molecule has 1 fully saturated rings. The molecule has 0 aromatic rings. The highest BCUT2D eigenvalue weighted by Crippen LogP contribution is 2.19. The highest BCUT2D eigenvalue weighted by Gasteiger charge is 2.20. The van der Waals surface area contributed by atoms with Gasteiger partial charge in [0.25, 0.3) is 0 Å². The maximum atomic E-state index is 11.9. The van der Waals surface area contributed by atoms with Crippen LogP contribution in [0, 0.1) is 0 Å². The SMILES string of the molecule is CC(=O)N1CCN(CC(=O)NC(=O)NCCC2=CCCCC2)CC1. The van der Waals surface area contributed by atoms with Crippen molar-refractivity contribution >= 4 is 17.8 Å². The van der Waals surface area contributed by atoms with Gasteiger partial charge in [-0.25, -0.2) is 4.79 Å². The summed E-state index contributed by atoms with van der Waals surface area (Å²) >= 11 is 0. The summed E-state index contributed by atoms with van der Waals surface area (Å²) < 4.78 is 0. The van der Waals surface area contributed by atoms with Crippen LogP contribution in [0.4, 0.5) is 4.79 Å². The van der Waals surface area contributed by atoms with E-state index in [1.54, 1.807) is 11.8 Å². The molecule has 1 heterocycles. The Balaban J connectivity index is 1.59. The third kappa shape index (κ3) is 6.31. The van der Waals surface area contributed by atoms with Crippen molar-refractivity contribution in [2.75, 3.05) is 39.3 Å². The first-order valence-electron chi connectivity index (χ1n) is 8.78. The Morgan fingerprint density at radius 2 is 1.88 bits per heavy atom. The first-order valence-corrected chi connectivity index (χ1v) is 8.78. The monoisotopic (exact) mass is 336 g/mol. The van der Waals surface area contributed by atoms with Crippen LogP contribution in [0.25, 0.3) is 0 Å². The van der Waals surface area contributed by atoms with E-state index in [4.69, 9.17) is 0 Å². The second-order valence-electron chi connectivity index (χ2n) is 6.44. The number of carbonyl (C=O) groups is 3. The Labute approximate surface area is 143 Å². The molecule has 2 aliphatic rings. The van der Waals surface area contributed by atoms with Gasteiger partial charge in [-0.15, -0.1) is 0 Å². The fourth-order valence-electron chi connectivity index (χ4n) is 3.10. The fourth-order valence-corrected chi connectivity index (χ4v) is 3.10. The number of piperazine rings is 1. The molecule has 1 aliphatic heterocycles. The second kappa shape index (κ2) is 9.42. The van der Waals surface area contributed by atoms with Crippen molar-refractivity contribution in [2.24, 2.45) is 0 Å². The van der Waals surface area contributed by atoms with Crippen molar-refractivity contribution in [3.05, 3.63) is 11.6 Å². The topological polar surface area (TPSA) is 81.8 Å². The van der Waals surface area contributed by atoms with Crippen LogP contribution in [-0.2, 0) is 9.59 Å². The Kier molecular flexibility index (Phi) is 7.24. The van der Waals surface area contributed by atoms with Crippen LogP contribution in [0.3, 0.4) is 0 Å². The maximum absolute atomic E-state index is 11.9. The van der Waals surface area contributed by atoms with Crippen molar-refractivity contribution < 1.29 is 14.4 Å². The number of imide groups is 1. The van der Waals surface area contributed by atoms with Gasteiger partial charge in [0.1, 0.15) is 0 Å². The summed E-state index contributed by atoms with van der Waals surface area (Å²) in [7, 11) is 0. The molecule has 1 saturated heterocycles. The molecule has 0 aromatic carbocycles. The van der Waals surface area contributed by atoms with Gasteiger partial charge in [-0.05, 0) is 32.1 Å². The second-order valence-corrected chi connectivity index (χ2v) is 6.44. The molecule has 0 aromatic heterocycles. The minimum Gasteiger partial charge on any atom is -0.340 e. The van der Waals surface area contributed by atoms with Crippen molar-refractivity contribution in [1.29, 1.82) is 0 Å². The predicted octanol–water partition coefficient (Wildman–Crippen LogP) is 0.867. The summed E-state index contributed by atoms with van der Waals surface area (Å²) in [6, 6.07) is -0.432. The van der Waals surface area contributed by atoms with Crippen molar-refractivity contribution in [2.45, 2.75) is 39.0 Å². The van der Waals surface area contributed by atoms with Crippen LogP contribution in [0.15, 0.2) is 11.6 Å². The zero-order valence-electron chi connectivity index (χ0n) is 14.5. The van der Waals surface area contributed by atoms with Crippen LogP contribution < -0.4 is 10.6 Å². The highest BCUT2D eigenvalue weighted by molar-refractivity contribution is 5.95. The Morgan fingerprint density at radius 1 is 1.12 bits per heavy atom. The molecule has 0 radical (unpaired) electrons. The zero-order chi connectivity index (χ0) is 17.4. The van der Waals surface area contributed by atoms with Gasteiger partial charge in [0.05, 0.1) is 6.54 Å². The van der Waals surface area contributed by atoms with Gasteiger partial charge in [0.15, 0.2) is 0 Å². The van der Waals surface area contributed by atoms with Crippen molar-refractivity contribution in [3.63, 3.8) is 0 Å². The summed E-state index contributed by atoms with van der Waals surface area (Å²) in [6.07, 6.45) is 7.86. The summed E-state index contributed by atoms with van der Waals surface area (Å²) in [6.45, 7) is 4.86. The molecule has 0 bridgehead atoms. The average molecular weight is 336 g/mol. The number of hydrogen-bond acceptors (Lipinski definition) is 4. The molecule has 7 heteroatoms. The number of nitrogens with one attached hydrogen (secondary N) is 2. The van der Waals surface area contributed by atoms with Crippen LogP contribution >= 0.6 is 0 Å². The lowest BCUT2D eigenvalue weighted by Gasteiger charge is -2.33. The number of hydrogen-bond donors (Lipinski definition) is 2. The minimum absolute atomic E-state index is 0.0616. The molecule has 4 amide bonds. The van der Waals surface area contributed by atoms with E-state index in [1.165, 1.54) is 18.4 Å². The molecule has 134 valence electrons. The van der Waals surface area contributed by atoms with E-state index >= 15 is 0 Å². The Morgan fingerprint density at radius 3 is 2.50 bits per heavy atom. The van der Waals surface area contributed by atoms with Gasteiger partial charge < -0.3 is 10.2 Å². The zero-order valence-corrected chi connectivity index (χ0v) is 14.5. The van der Waals surface area contributed by atoms with E-state index in [-0.39, 0.29) is 18.4 Å². The van der Waals surface area contributed by atoms with E-state index in [9.17, 15) is 14.4 Å². The summed E-state index contributed by atoms with van der Waals surface area (Å²) in [4.78, 5) is 38.6. The third-order valence-electron chi connectivity index (χ3n) is 4.55. The number of nitrogens with zero attached hydrogens (tertiary/aromatic N) is 2. The predicted molar refractivity (Wildman–Crippen MR) is 91.4 cm³/mol. The minimum atomic E-state index is -0.432. The smallest absolute Gasteiger partial charge is 0.321 e. The fraction of sp³-hybridized carbons (Fsp3) is 0.706. The molecule has 0 atom stereocenters. The van der Waals surface area contributed by atoms with Crippen LogP contribution in [0.2, 0.25) is 0 Å². The molecular weight excluding hydrogens is 308 g/mol. The normalized spacial score (nSPS) is 18.7. The molecule has 2 rings (SSSR count). The lowest BCUT2D eigenvalue weighted by atomic mass is 9.97. The van der Waals surface area contributed by atoms with Gasteiger partial charge in [-0.2, -0.15) is 0 Å². The van der Waals surface area contributed by atoms with E-state index in [0.29, 0.717) is 32.7 Å². The van der Waals surface area contributed by atoms with Crippen molar-refractivity contribution in [3.8, 4) is 0 Å². The van der Waals surface area contributed by atoms with Crippen LogP contribution in [0.1, 0.15) is 39.0 Å². The average Bonchev–Trinajstić information content (AvgIpc) is 2.56. The molecule has 0 unspecified atom stereocenters. The highest BCUT2D eigenvalue weighted by atomic mass is 16.2. The summed E-state index contributed by atoms with van der Waals surface area (Å²) in [5.74, 6) is -0.243. The lowest BCUT2D eigenvalue weighted by molar-refractivity contribution is -0.130. The van der Waals surface area contributed by atoms with Gasteiger partial charge in [-0.3, -0.25) is 19.8 Å². The van der Waals surface area contributed by atoms with E-state index < -0.39 is 6.03 Å². The largest absolute Gasteiger partial charge is 0.340 e. The molecule has 7 nitrogen and oxygen atoms in total. The molecule has 1 aliphatic carbocycles. The Bertz CT molecular complexity index is 496. The number of urea groups is 1. The number of allylic oxidation sites excluding steroid dienone is 1. The lowest BCUT2D eigenvalue weighted by Crippen LogP contribution is -2.52. The van der Waals surface area contributed by atoms with Gasteiger partial charge >= 0.3 is 6.03 Å². The first kappa shape index (κ1) is 18.4. The van der Waals surface area contributed by atoms with Crippen LogP contribution in [-0.4, -0.2) is 66.9 Å². The van der Waals surface area contributed by atoms with Crippen molar-refractivity contribution in [1.82, 2.24) is 20.4 Å². The summed E-state index contributed by atoms with van der Waals surface area (Å²) in [5, 5.41) is 5.11. The molecule has 0 saturated carbocycles. The van der Waals surface area contributed by atoms with Gasteiger partial charge in [-0.1, -0.05) is 11.6 Å². The third-order valence-corrected chi connectivity index (χ3v) is 4.55. The summed E-state index contributed by atoms with van der Waals surface area (Å²) in [5.41, 5.74) is 1.40. The Hall–Kier alpha value is -1.89. The number of amides is 4. The van der Waals surface area contributed by atoms with Gasteiger partial charge in [0.2, 0.25) is 11.8 Å².